The van der Waals surface area contributed by atoms with E-state index < -0.39 is 0 Å². The molecule has 0 amide bonds. The Morgan fingerprint density at radius 3 is 1.29 bits per heavy atom. The second-order valence-corrected chi connectivity index (χ2v) is 17.1. The van der Waals surface area contributed by atoms with Gasteiger partial charge in [0.15, 0.2) is 0 Å². The quantitative estimate of drug-likeness (QED) is 0.102. The summed E-state index contributed by atoms with van der Waals surface area (Å²) in [6.07, 6.45) is 0. The van der Waals surface area contributed by atoms with E-state index in [0.717, 1.165) is 44.5 Å². The third-order valence-corrected chi connectivity index (χ3v) is 12.0. The molecule has 0 saturated heterocycles. The molecule has 2 heteroatoms. The van der Waals surface area contributed by atoms with Crippen LogP contribution in [0.4, 0.5) is 0 Å². The van der Waals surface area contributed by atoms with Crippen LogP contribution >= 0.6 is 0 Å². The van der Waals surface area contributed by atoms with Crippen LogP contribution in [0.15, 0.2) is 146 Å². The van der Waals surface area contributed by atoms with E-state index in [9.17, 15) is 0 Å². The number of ether oxygens (including phenoxy) is 2. The topological polar surface area (TPSA) is 18.5 Å². The standard InChI is InChI=1S/C56H52O2/c1-33(2)40-24-16-25-41(34(3)4)49(40)53-46-30-18-29-45-51(46)54(44-28-15-19-37-31-32-47(52(45)48(37)44)57-38-20-11-9-12-21-38)56(58-39-22-13-10-14-23-39)55(53)50-42(35(5)6)26-17-27-43(50)36(7)8/h9-36H,1-8H3. The predicted molar refractivity (Wildman–Crippen MR) is 248 cm³/mol. The molecule has 9 aromatic carbocycles. The first-order valence-electron chi connectivity index (χ1n) is 21.0. The summed E-state index contributed by atoms with van der Waals surface area (Å²) in [7, 11) is 0. The van der Waals surface area contributed by atoms with Crippen LogP contribution in [0.3, 0.4) is 0 Å². The van der Waals surface area contributed by atoms with Crippen molar-refractivity contribution in [3.8, 4) is 45.3 Å². The highest BCUT2D eigenvalue weighted by atomic mass is 16.5. The SMILES string of the molecule is CC(C)c1cccc(C(C)C)c1-c1c(-c2c(C(C)C)cccc2C(C)C)c2cccc3c4c(Oc5ccccc5)ccc5cccc(c(c1Oc1ccccc1)c23)c54. The highest BCUT2D eigenvalue weighted by Gasteiger charge is 2.32. The van der Waals surface area contributed by atoms with E-state index in [0.29, 0.717) is 0 Å². The molecular formula is C56H52O2. The fraction of sp³-hybridized carbons (Fsp3) is 0.214. The van der Waals surface area contributed by atoms with Gasteiger partial charge in [0.05, 0.1) is 0 Å². The highest BCUT2D eigenvalue weighted by Crippen LogP contribution is 2.58. The van der Waals surface area contributed by atoms with Crippen molar-refractivity contribution in [3.05, 3.63) is 168 Å². The summed E-state index contributed by atoms with van der Waals surface area (Å²) >= 11 is 0. The van der Waals surface area contributed by atoms with E-state index in [2.05, 4.69) is 171 Å². The number of hydrogen-bond donors (Lipinski definition) is 0. The van der Waals surface area contributed by atoms with Gasteiger partial charge in [0.2, 0.25) is 0 Å². The molecular weight excluding hydrogens is 705 g/mol. The average molecular weight is 757 g/mol. The van der Waals surface area contributed by atoms with Crippen molar-refractivity contribution in [2.24, 2.45) is 0 Å². The van der Waals surface area contributed by atoms with Crippen LogP contribution < -0.4 is 9.47 Å². The third-order valence-electron chi connectivity index (χ3n) is 12.0. The van der Waals surface area contributed by atoms with E-state index in [4.69, 9.17) is 9.47 Å². The maximum absolute atomic E-state index is 7.56. The zero-order valence-electron chi connectivity index (χ0n) is 35.0. The first kappa shape index (κ1) is 37.5. The second kappa shape index (κ2) is 15.0. The summed E-state index contributed by atoms with van der Waals surface area (Å²) in [4.78, 5) is 0. The molecule has 58 heavy (non-hydrogen) atoms. The molecule has 0 aliphatic rings. The number of para-hydroxylation sites is 2. The molecule has 0 unspecified atom stereocenters. The Morgan fingerprint density at radius 1 is 0.310 bits per heavy atom. The van der Waals surface area contributed by atoms with E-state index in [-0.39, 0.29) is 23.7 Å². The lowest BCUT2D eigenvalue weighted by Crippen LogP contribution is -2.07. The Balaban J connectivity index is 1.61. The molecule has 0 saturated carbocycles. The molecule has 0 aromatic heterocycles. The first-order chi connectivity index (χ1) is 28.1. The predicted octanol–water partition coefficient (Wildman–Crippen LogP) is 17.1. The largest absolute Gasteiger partial charge is 0.457 e. The van der Waals surface area contributed by atoms with Crippen LogP contribution in [-0.2, 0) is 0 Å². The normalized spacial score (nSPS) is 12.1. The number of benzene rings is 9. The van der Waals surface area contributed by atoms with Crippen molar-refractivity contribution in [3.63, 3.8) is 0 Å². The molecule has 0 spiro atoms. The minimum atomic E-state index is 0.274. The molecule has 0 N–H and O–H groups in total. The van der Waals surface area contributed by atoms with Gasteiger partial charge in [-0.3, -0.25) is 0 Å². The van der Waals surface area contributed by atoms with Crippen molar-refractivity contribution < 1.29 is 9.47 Å². The molecule has 9 aromatic rings. The van der Waals surface area contributed by atoms with Crippen LogP contribution in [0, 0.1) is 0 Å². The van der Waals surface area contributed by atoms with Gasteiger partial charge in [-0.1, -0.05) is 171 Å². The van der Waals surface area contributed by atoms with Crippen LogP contribution in [-0.4, -0.2) is 0 Å². The molecule has 0 heterocycles. The summed E-state index contributed by atoms with van der Waals surface area (Å²) in [5, 5.41) is 9.33. The molecule has 2 nitrogen and oxygen atoms in total. The molecule has 0 aliphatic carbocycles. The molecule has 288 valence electrons. The van der Waals surface area contributed by atoms with E-state index in [1.165, 1.54) is 66.1 Å². The number of fused-ring (bicyclic) bond motifs is 2. The molecule has 0 fully saturated rings. The fourth-order valence-electron chi connectivity index (χ4n) is 9.40. The maximum Gasteiger partial charge on any atom is 0.144 e. The van der Waals surface area contributed by atoms with Gasteiger partial charge in [-0.15, -0.1) is 0 Å². The highest BCUT2D eigenvalue weighted by molar-refractivity contribution is 6.38. The summed E-state index contributed by atoms with van der Waals surface area (Å²) in [5.41, 5.74) is 10.4. The van der Waals surface area contributed by atoms with Gasteiger partial charge >= 0.3 is 0 Å². The molecule has 0 aliphatic heterocycles. The summed E-state index contributed by atoms with van der Waals surface area (Å²) in [5.74, 6) is 4.50. The molecule has 0 bridgehead atoms. The van der Waals surface area contributed by atoms with Crippen molar-refractivity contribution in [1.82, 2.24) is 0 Å². The van der Waals surface area contributed by atoms with Crippen molar-refractivity contribution in [1.29, 1.82) is 0 Å². The van der Waals surface area contributed by atoms with Gasteiger partial charge in [0, 0.05) is 32.7 Å². The lowest BCUT2D eigenvalue weighted by molar-refractivity contribution is 0.488. The summed E-state index contributed by atoms with van der Waals surface area (Å²) in [6.45, 7) is 18.7. The van der Waals surface area contributed by atoms with E-state index in [1.807, 2.05) is 30.3 Å². The maximum atomic E-state index is 7.56. The first-order valence-corrected chi connectivity index (χ1v) is 21.0. The Morgan fingerprint density at radius 2 is 0.759 bits per heavy atom. The van der Waals surface area contributed by atoms with Gasteiger partial charge in [-0.05, 0) is 109 Å². The Bertz CT molecular complexity index is 2880. The van der Waals surface area contributed by atoms with Gasteiger partial charge in [0.25, 0.3) is 0 Å². The fourth-order valence-corrected chi connectivity index (χ4v) is 9.40. The van der Waals surface area contributed by atoms with Gasteiger partial charge in [0.1, 0.15) is 23.0 Å². The molecule has 0 radical (unpaired) electrons. The van der Waals surface area contributed by atoms with Gasteiger partial charge in [-0.25, -0.2) is 0 Å². The van der Waals surface area contributed by atoms with Crippen LogP contribution in [0.25, 0.3) is 65.3 Å². The lowest BCUT2D eigenvalue weighted by atomic mass is 9.75. The van der Waals surface area contributed by atoms with Crippen LogP contribution in [0.2, 0.25) is 0 Å². The molecule has 0 atom stereocenters. The second-order valence-electron chi connectivity index (χ2n) is 17.1. The van der Waals surface area contributed by atoms with E-state index in [1.54, 1.807) is 0 Å². The Hall–Kier alpha value is -6.12. The van der Waals surface area contributed by atoms with Crippen LogP contribution in [0.5, 0.6) is 23.0 Å². The molecule has 9 rings (SSSR count). The zero-order chi connectivity index (χ0) is 40.2. The van der Waals surface area contributed by atoms with Crippen LogP contribution in [0.1, 0.15) is 101 Å². The third kappa shape index (κ3) is 6.18. The van der Waals surface area contributed by atoms with Gasteiger partial charge in [-0.2, -0.15) is 0 Å². The zero-order valence-corrected chi connectivity index (χ0v) is 35.0. The Kier molecular flexibility index (Phi) is 9.68. The number of rotatable bonds is 10. The average Bonchev–Trinajstić information content (AvgIpc) is 3.23. The van der Waals surface area contributed by atoms with E-state index >= 15 is 0 Å². The monoisotopic (exact) mass is 756 g/mol. The van der Waals surface area contributed by atoms with Crippen molar-refractivity contribution in [2.45, 2.75) is 79.1 Å². The lowest BCUT2D eigenvalue weighted by Gasteiger charge is -2.30. The van der Waals surface area contributed by atoms with Crippen molar-refractivity contribution in [2.75, 3.05) is 0 Å². The smallest absolute Gasteiger partial charge is 0.144 e. The number of hydrogen-bond acceptors (Lipinski definition) is 2. The van der Waals surface area contributed by atoms with Gasteiger partial charge < -0.3 is 9.47 Å². The Labute approximate surface area is 343 Å². The summed E-state index contributed by atoms with van der Waals surface area (Å²) in [6, 6.07) is 52.4. The minimum absolute atomic E-state index is 0.274. The summed E-state index contributed by atoms with van der Waals surface area (Å²) < 4.78 is 14.4. The minimum Gasteiger partial charge on any atom is -0.457 e. The van der Waals surface area contributed by atoms with Crippen molar-refractivity contribution >= 4 is 43.1 Å².